The summed E-state index contributed by atoms with van der Waals surface area (Å²) < 4.78 is 33.8. The molecule has 0 atom stereocenters. The largest absolute Gasteiger partial charge is 0.490 e. The number of ether oxygens (including phenoxy) is 1. The Morgan fingerprint density at radius 1 is 1.03 bits per heavy atom. The van der Waals surface area contributed by atoms with Crippen LogP contribution in [-0.4, -0.2) is 35.4 Å². The summed E-state index contributed by atoms with van der Waals surface area (Å²) in [6.45, 7) is 1.80. The maximum Gasteiger partial charge on any atom is 0.306 e. The Morgan fingerprint density at radius 2 is 1.76 bits per heavy atom. The van der Waals surface area contributed by atoms with Gasteiger partial charge in [0.2, 0.25) is 0 Å². The first-order chi connectivity index (χ1) is 15.7. The normalized spacial score (nSPS) is 17.9. The van der Waals surface area contributed by atoms with Crippen molar-refractivity contribution in [3.8, 4) is 5.75 Å². The highest BCUT2D eigenvalue weighted by Crippen LogP contribution is 2.28. The summed E-state index contributed by atoms with van der Waals surface area (Å²) in [5.41, 5.74) is 0.590. The molecule has 0 radical (unpaired) electrons. The predicted octanol–water partition coefficient (Wildman–Crippen LogP) is 4.69. The number of aliphatic carboxylic acids is 1. The van der Waals surface area contributed by atoms with Gasteiger partial charge in [-0.05, 0) is 68.9 Å². The van der Waals surface area contributed by atoms with Crippen LogP contribution < -0.4 is 10.1 Å². The summed E-state index contributed by atoms with van der Waals surface area (Å²) in [5.74, 6) is -2.83. The third-order valence-electron chi connectivity index (χ3n) is 5.87. The van der Waals surface area contributed by atoms with Gasteiger partial charge in [-0.2, -0.15) is 0 Å². The van der Waals surface area contributed by atoms with Crippen LogP contribution in [0.2, 0.25) is 0 Å². The number of carbonyl (C=O) groups is 3. The molecule has 1 saturated carbocycles. The van der Waals surface area contributed by atoms with Crippen molar-refractivity contribution in [3.05, 3.63) is 64.7 Å². The maximum atomic E-state index is 14.5. The number of ketones is 1. The number of amides is 1. The smallest absolute Gasteiger partial charge is 0.306 e. The van der Waals surface area contributed by atoms with Crippen LogP contribution in [0.25, 0.3) is 0 Å². The van der Waals surface area contributed by atoms with E-state index in [0.717, 1.165) is 6.07 Å². The summed E-state index contributed by atoms with van der Waals surface area (Å²) >= 11 is 0. The van der Waals surface area contributed by atoms with Crippen molar-refractivity contribution >= 4 is 17.7 Å². The average Bonchev–Trinajstić information content (AvgIpc) is 2.78. The molecule has 1 amide bonds. The van der Waals surface area contributed by atoms with E-state index in [4.69, 9.17) is 9.84 Å². The van der Waals surface area contributed by atoms with Gasteiger partial charge in [0.25, 0.3) is 5.91 Å². The summed E-state index contributed by atoms with van der Waals surface area (Å²) in [5, 5.41) is 11.7. The van der Waals surface area contributed by atoms with Crippen LogP contribution in [0.4, 0.5) is 8.78 Å². The number of nitrogens with one attached hydrogen (secondary N) is 1. The maximum absolute atomic E-state index is 14.5. The van der Waals surface area contributed by atoms with Crippen molar-refractivity contribution in [2.24, 2.45) is 5.92 Å². The fourth-order valence-corrected chi connectivity index (χ4v) is 3.84. The molecule has 0 spiro atoms. The van der Waals surface area contributed by atoms with Gasteiger partial charge in [-0.15, -0.1) is 0 Å². The van der Waals surface area contributed by atoms with Crippen molar-refractivity contribution in [2.75, 3.05) is 6.54 Å². The number of carboxylic acids is 1. The van der Waals surface area contributed by atoms with E-state index >= 15 is 0 Å². The molecule has 6 nitrogen and oxygen atoms in total. The van der Waals surface area contributed by atoms with Gasteiger partial charge in [0, 0.05) is 24.6 Å². The molecule has 2 N–H and O–H groups in total. The number of halogens is 2. The van der Waals surface area contributed by atoms with Crippen LogP contribution in [0.3, 0.4) is 0 Å². The van der Waals surface area contributed by atoms with E-state index in [1.54, 1.807) is 6.92 Å². The first kappa shape index (κ1) is 24.4. The number of hydrogen-bond acceptors (Lipinski definition) is 4. The highest BCUT2D eigenvalue weighted by molar-refractivity contribution is 5.96. The van der Waals surface area contributed by atoms with E-state index in [0.29, 0.717) is 43.4 Å². The molecule has 1 fully saturated rings. The van der Waals surface area contributed by atoms with Gasteiger partial charge < -0.3 is 15.2 Å². The zero-order chi connectivity index (χ0) is 24.0. The van der Waals surface area contributed by atoms with Crippen molar-refractivity contribution in [1.82, 2.24) is 5.32 Å². The fraction of sp³-hybridized carbons (Fsp3) is 0.400. The summed E-state index contributed by atoms with van der Waals surface area (Å²) in [6, 6.07) is 8.29. The molecule has 2 aromatic rings. The van der Waals surface area contributed by atoms with Crippen LogP contribution in [0.5, 0.6) is 5.75 Å². The van der Waals surface area contributed by atoms with E-state index < -0.39 is 29.3 Å². The minimum atomic E-state index is -0.800. The minimum Gasteiger partial charge on any atom is -0.490 e. The lowest BCUT2D eigenvalue weighted by Gasteiger charge is -2.26. The van der Waals surface area contributed by atoms with Gasteiger partial charge >= 0.3 is 5.97 Å². The molecule has 176 valence electrons. The molecule has 0 unspecified atom stereocenters. The lowest BCUT2D eigenvalue weighted by Crippen LogP contribution is -2.27. The third kappa shape index (κ3) is 6.60. The number of benzene rings is 2. The molecular weight excluding hydrogens is 432 g/mol. The lowest BCUT2D eigenvalue weighted by molar-refractivity contribution is -0.143. The second-order valence-electron chi connectivity index (χ2n) is 8.32. The average molecular weight is 459 g/mol. The molecule has 33 heavy (non-hydrogen) atoms. The molecule has 2 aromatic carbocycles. The van der Waals surface area contributed by atoms with Gasteiger partial charge in [0.05, 0.1) is 17.6 Å². The molecular formula is C25H27F2NO5. The van der Waals surface area contributed by atoms with Gasteiger partial charge in [0.15, 0.2) is 5.78 Å². The number of aryl methyl sites for hydroxylation is 1. The second kappa shape index (κ2) is 11.0. The second-order valence-corrected chi connectivity index (χ2v) is 8.32. The van der Waals surface area contributed by atoms with E-state index in [1.165, 1.54) is 30.3 Å². The molecule has 1 aliphatic carbocycles. The Hall–Kier alpha value is -3.29. The van der Waals surface area contributed by atoms with Crippen molar-refractivity contribution in [1.29, 1.82) is 0 Å². The summed E-state index contributed by atoms with van der Waals surface area (Å²) in [4.78, 5) is 35.5. The topological polar surface area (TPSA) is 92.7 Å². The van der Waals surface area contributed by atoms with Crippen LogP contribution >= 0.6 is 0 Å². The molecule has 0 aliphatic heterocycles. The Kier molecular flexibility index (Phi) is 8.14. The van der Waals surface area contributed by atoms with Crippen LogP contribution in [0.15, 0.2) is 36.4 Å². The Balaban J connectivity index is 1.45. The number of Topliss-reactive ketones (excluding diaryl/α,β-unsaturated/α-hetero) is 1. The highest BCUT2D eigenvalue weighted by atomic mass is 19.1. The van der Waals surface area contributed by atoms with Crippen LogP contribution in [0, 0.1) is 24.5 Å². The van der Waals surface area contributed by atoms with Gasteiger partial charge in [-0.3, -0.25) is 14.4 Å². The van der Waals surface area contributed by atoms with Crippen molar-refractivity contribution < 1.29 is 33.0 Å². The first-order valence-corrected chi connectivity index (χ1v) is 11.0. The number of carboxylic acid groups (broad SMARTS) is 1. The quantitative estimate of drug-likeness (QED) is 0.419. The molecule has 0 aromatic heterocycles. The number of hydrogen-bond donors (Lipinski definition) is 2. The molecule has 0 bridgehead atoms. The highest BCUT2D eigenvalue weighted by Gasteiger charge is 2.27. The first-order valence-electron chi connectivity index (χ1n) is 11.0. The fourth-order valence-electron chi connectivity index (χ4n) is 3.84. The van der Waals surface area contributed by atoms with Gasteiger partial charge in [-0.1, -0.05) is 6.07 Å². The van der Waals surface area contributed by atoms with Crippen molar-refractivity contribution in [3.63, 3.8) is 0 Å². The van der Waals surface area contributed by atoms with Crippen LogP contribution in [0.1, 0.15) is 64.8 Å². The molecule has 1 aliphatic rings. The third-order valence-corrected chi connectivity index (χ3v) is 5.87. The molecule has 3 rings (SSSR count). The number of carbonyl (C=O) groups excluding carboxylic acids is 2. The number of rotatable bonds is 9. The molecule has 0 heterocycles. The summed E-state index contributed by atoms with van der Waals surface area (Å²) in [6.07, 6.45) is 2.39. The zero-order valence-corrected chi connectivity index (χ0v) is 18.4. The molecule has 8 heteroatoms. The van der Waals surface area contributed by atoms with E-state index in [-0.39, 0.29) is 36.1 Å². The lowest BCUT2D eigenvalue weighted by atomic mass is 9.87. The van der Waals surface area contributed by atoms with Crippen LogP contribution in [-0.2, 0) is 4.79 Å². The minimum absolute atomic E-state index is 0.0405. The Morgan fingerprint density at radius 3 is 2.39 bits per heavy atom. The van der Waals surface area contributed by atoms with Gasteiger partial charge in [0.1, 0.15) is 17.4 Å². The standard InChI is InChI=1S/C25H27F2NO5/c1-15-4-5-17(13-21(15)26)24(30)28-12-2-3-23(29)20-11-10-19(14-22(20)27)33-18-8-6-16(7-9-18)25(31)32/h4-5,10-11,13-14,16,18H,2-3,6-9,12H2,1H3,(H,28,30)(H,31,32). The Bertz CT molecular complexity index is 1030. The van der Waals surface area contributed by atoms with Crippen molar-refractivity contribution in [2.45, 2.75) is 51.6 Å². The Labute approximate surface area is 191 Å². The van der Waals surface area contributed by atoms with E-state index in [1.807, 2.05) is 0 Å². The summed E-state index contributed by atoms with van der Waals surface area (Å²) in [7, 11) is 0. The predicted molar refractivity (Wildman–Crippen MR) is 117 cm³/mol. The monoisotopic (exact) mass is 459 g/mol. The van der Waals surface area contributed by atoms with Gasteiger partial charge in [-0.25, -0.2) is 8.78 Å². The molecule has 0 saturated heterocycles. The SMILES string of the molecule is Cc1ccc(C(=O)NCCCC(=O)c2ccc(OC3CCC(C(=O)O)CC3)cc2F)cc1F. The van der Waals surface area contributed by atoms with E-state index in [2.05, 4.69) is 5.32 Å². The van der Waals surface area contributed by atoms with E-state index in [9.17, 15) is 23.2 Å². The zero-order valence-electron chi connectivity index (χ0n) is 18.4.